The minimum Gasteiger partial charge on any atom is -0.338 e. The summed E-state index contributed by atoms with van der Waals surface area (Å²) in [6.45, 7) is 7.82. The first-order valence-corrected chi connectivity index (χ1v) is 9.71. The monoisotopic (exact) mass is 342 g/mol. The molecule has 3 heterocycles. The average Bonchev–Trinajstić information content (AvgIpc) is 2.98. The molecule has 2 fully saturated rings. The number of H-pyrrole nitrogens is 1. The molecule has 0 aromatic carbocycles. The zero-order valence-electron chi connectivity index (χ0n) is 15.6. The lowest BCUT2D eigenvalue weighted by Gasteiger charge is -2.15. The Balaban J connectivity index is 1.37. The lowest BCUT2D eigenvalue weighted by Crippen LogP contribution is -2.23. The number of hydrogen-bond donors (Lipinski definition) is 1. The quantitative estimate of drug-likeness (QED) is 0.840. The van der Waals surface area contributed by atoms with Crippen LogP contribution in [0.5, 0.6) is 0 Å². The Morgan fingerprint density at radius 3 is 2.76 bits per heavy atom. The molecule has 2 aromatic rings. The summed E-state index contributed by atoms with van der Waals surface area (Å²) in [5.41, 5.74) is 1.33. The standard InChI is InChI=1S/C19H30N6/c1-13(2)18-21-19(23-22-18)17-11-25(10-16(17)14-6-7-14)8-4-5-15-9-20-12-24(15)3/h9,12-14,16-17H,4-8,10-11H2,1-3H3,(H,21,22,23)/t16-,17+/m1/s1. The van der Waals surface area contributed by atoms with Crippen molar-refractivity contribution in [2.24, 2.45) is 18.9 Å². The van der Waals surface area contributed by atoms with E-state index in [-0.39, 0.29) is 0 Å². The Morgan fingerprint density at radius 1 is 1.28 bits per heavy atom. The van der Waals surface area contributed by atoms with Crippen LogP contribution in [-0.2, 0) is 13.5 Å². The molecule has 6 heteroatoms. The zero-order valence-corrected chi connectivity index (χ0v) is 15.6. The van der Waals surface area contributed by atoms with Crippen LogP contribution in [0.3, 0.4) is 0 Å². The predicted octanol–water partition coefficient (Wildman–Crippen LogP) is 2.72. The minimum absolute atomic E-state index is 0.390. The minimum atomic E-state index is 0.390. The van der Waals surface area contributed by atoms with Crippen LogP contribution in [0, 0.1) is 11.8 Å². The van der Waals surface area contributed by atoms with Crippen LogP contribution in [0.4, 0.5) is 0 Å². The Hall–Kier alpha value is -1.69. The third-order valence-electron chi connectivity index (χ3n) is 5.88. The van der Waals surface area contributed by atoms with Gasteiger partial charge in [-0.25, -0.2) is 9.97 Å². The number of aryl methyl sites for hydroxylation is 2. The predicted molar refractivity (Wildman–Crippen MR) is 97.4 cm³/mol. The fraction of sp³-hybridized carbons (Fsp3) is 0.737. The number of nitrogens with zero attached hydrogens (tertiary/aromatic N) is 5. The maximum Gasteiger partial charge on any atom is 0.153 e. The van der Waals surface area contributed by atoms with Crippen molar-refractivity contribution < 1.29 is 0 Å². The first-order chi connectivity index (χ1) is 12.1. The summed E-state index contributed by atoms with van der Waals surface area (Å²) in [6, 6.07) is 0. The van der Waals surface area contributed by atoms with Crippen LogP contribution >= 0.6 is 0 Å². The smallest absolute Gasteiger partial charge is 0.153 e. The van der Waals surface area contributed by atoms with Crippen molar-refractivity contribution in [2.75, 3.05) is 19.6 Å². The highest BCUT2D eigenvalue weighted by atomic mass is 15.2. The second-order valence-electron chi connectivity index (χ2n) is 8.20. The maximum absolute atomic E-state index is 4.81. The van der Waals surface area contributed by atoms with E-state index in [2.05, 4.69) is 45.5 Å². The van der Waals surface area contributed by atoms with Crippen LogP contribution in [-0.4, -0.2) is 49.3 Å². The Morgan fingerprint density at radius 2 is 2.12 bits per heavy atom. The van der Waals surface area contributed by atoms with Crippen molar-refractivity contribution in [2.45, 2.75) is 51.4 Å². The maximum atomic E-state index is 4.81. The number of aromatic nitrogens is 5. The van der Waals surface area contributed by atoms with Crippen molar-refractivity contribution in [3.8, 4) is 0 Å². The Labute approximate surface area is 150 Å². The third kappa shape index (κ3) is 3.64. The van der Waals surface area contributed by atoms with E-state index >= 15 is 0 Å². The molecule has 6 nitrogen and oxygen atoms in total. The van der Waals surface area contributed by atoms with Crippen molar-refractivity contribution in [3.05, 3.63) is 29.9 Å². The summed E-state index contributed by atoms with van der Waals surface area (Å²) in [7, 11) is 2.08. The van der Waals surface area contributed by atoms with E-state index in [1.54, 1.807) is 0 Å². The van der Waals surface area contributed by atoms with Crippen LogP contribution < -0.4 is 0 Å². The number of likely N-dealkylation sites (tertiary alicyclic amines) is 1. The number of nitrogens with one attached hydrogen (secondary N) is 1. The lowest BCUT2D eigenvalue weighted by atomic mass is 9.91. The van der Waals surface area contributed by atoms with Crippen LogP contribution in [0.2, 0.25) is 0 Å². The summed E-state index contributed by atoms with van der Waals surface area (Å²) in [5.74, 6) is 4.66. The highest BCUT2D eigenvalue weighted by Gasteiger charge is 2.44. The van der Waals surface area contributed by atoms with Gasteiger partial charge in [-0.05, 0) is 44.1 Å². The lowest BCUT2D eigenvalue weighted by molar-refractivity contribution is 0.312. The largest absolute Gasteiger partial charge is 0.338 e. The van der Waals surface area contributed by atoms with Gasteiger partial charge in [0.15, 0.2) is 5.82 Å². The van der Waals surface area contributed by atoms with E-state index in [1.807, 2.05) is 12.5 Å². The average molecular weight is 342 g/mol. The van der Waals surface area contributed by atoms with Crippen LogP contribution in [0.1, 0.15) is 62.3 Å². The summed E-state index contributed by atoms with van der Waals surface area (Å²) in [5, 5.41) is 7.69. The van der Waals surface area contributed by atoms with Gasteiger partial charge in [0.25, 0.3) is 0 Å². The summed E-state index contributed by atoms with van der Waals surface area (Å²) >= 11 is 0. The molecule has 1 saturated carbocycles. The van der Waals surface area contributed by atoms with Gasteiger partial charge in [0.1, 0.15) is 5.82 Å². The first-order valence-electron chi connectivity index (χ1n) is 9.71. The summed E-state index contributed by atoms with van der Waals surface area (Å²) in [6.07, 6.45) is 8.97. The molecule has 4 rings (SSSR count). The molecule has 0 unspecified atom stereocenters. The van der Waals surface area contributed by atoms with Crippen molar-refractivity contribution in [3.63, 3.8) is 0 Å². The van der Waals surface area contributed by atoms with Gasteiger partial charge >= 0.3 is 0 Å². The van der Waals surface area contributed by atoms with Gasteiger partial charge < -0.3 is 9.47 Å². The molecule has 2 aliphatic rings. The molecule has 0 bridgehead atoms. The van der Waals surface area contributed by atoms with E-state index < -0.39 is 0 Å². The van der Waals surface area contributed by atoms with E-state index in [0.717, 1.165) is 43.0 Å². The molecule has 0 spiro atoms. The van der Waals surface area contributed by atoms with E-state index in [9.17, 15) is 0 Å². The Bertz CT molecular complexity index is 698. The van der Waals surface area contributed by atoms with Gasteiger partial charge in [-0.2, -0.15) is 5.10 Å². The number of aromatic amines is 1. The molecule has 1 aliphatic heterocycles. The molecule has 0 radical (unpaired) electrons. The van der Waals surface area contributed by atoms with Gasteiger partial charge in [0.05, 0.1) is 6.33 Å². The molecule has 1 N–H and O–H groups in total. The number of imidazole rings is 1. The van der Waals surface area contributed by atoms with Gasteiger partial charge in [-0.15, -0.1) is 0 Å². The summed E-state index contributed by atoms with van der Waals surface area (Å²) < 4.78 is 2.13. The normalized spacial score (nSPS) is 24.5. The second kappa shape index (κ2) is 6.90. The number of rotatable bonds is 7. The van der Waals surface area contributed by atoms with Gasteiger partial charge in [-0.3, -0.25) is 5.10 Å². The Kier molecular flexibility index (Phi) is 4.63. The molecule has 2 atom stereocenters. The highest BCUT2D eigenvalue weighted by Crippen LogP contribution is 2.47. The van der Waals surface area contributed by atoms with Crippen molar-refractivity contribution in [1.82, 2.24) is 29.6 Å². The molecule has 2 aromatic heterocycles. The molecular formula is C19H30N6. The summed E-state index contributed by atoms with van der Waals surface area (Å²) in [4.78, 5) is 11.7. The van der Waals surface area contributed by atoms with E-state index in [1.165, 1.54) is 31.5 Å². The van der Waals surface area contributed by atoms with E-state index in [0.29, 0.717) is 11.8 Å². The molecule has 0 amide bonds. The van der Waals surface area contributed by atoms with Gasteiger partial charge in [-0.1, -0.05) is 13.8 Å². The fourth-order valence-corrected chi connectivity index (χ4v) is 4.21. The topological polar surface area (TPSA) is 62.6 Å². The molecule has 1 aliphatic carbocycles. The van der Waals surface area contributed by atoms with E-state index in [4.69, 9.17) is 4.98 Å². The molecule has 25 heavy (non-hydrogen) atoms. The van der Waals surface area contributed by atoms with Crippen molar-refractivity contribution in [1.29, 1.82) is 0 Å². The number of hydrogen-bond acceptors (Lipinski definition) is 4. The SMILES string of the molecule is CC(C)c1n[nH]c([C@H]2CN(CCCc3cncn3C)C[C@@H]2C2CC2)n1. The van der Waals surface area contributed by atoms with Crippen molar-refractivity contribution >= 4 is 0 Å². The van der Waals surface area contributed by atoms with Gasteiger partial charge in [0, 0.05) is 43.9 Å². The zero-order chi connectivity index (χ0) is 17.4. The highest BCUT2D eigenvalue weighted by molar-refractivity contribution is 5.09. The fourth-order valence-electron chi connectivity index (χ4n) is 4.21. The third-order valence-corrected chi connectivity index (χ3v) is 5.88. The van der Waals surface area contributed by atoms with Gasteiger partial charge in [0.2, 0.25) is 0 Å². The molecular weight excluding hydrogens is 312 g/mol. The molecule has 1 saturated heterocycles. The van der Waals surface area contributed by atoms with Crippen LogP contribution in [0.25, 0.3) is 0 Å². The van der Waals surface area contributed by atoms with Crippen LogP contribution in [0.15, 0.2) is 12.5 Å². The second-order valence-corrected chi connectivity index (χ2v) is 8.20. The first kappa shape index (κ1) is 16.8. The molecule has 136 valence electrons.